The van der Waals surface area contributed by atoms with E-state index in [4.69, 9.17) is 14.2 Å². The molecular weight excluding hydrogens is 901 g/mol. The summed E-state index contributed by atoms with van der Waals surface area (Å²) in [6, 6.07) is 0. The lowest BCUT2D eigenvalue weighted by molar-refractivity contribution is -0.167. The number of ether oxygens (including phenoxy) is 3. The fourth-order valence-corrected chi connectivity index (χ4v) is 7.92. The van der Waals surface area contributed by atoms with Crippen LogP contribution in [-0.2, 0) is 28.6 Å². The van der Waals surface area contributed by atoms with Gasteiger partial charge in [0.15, 0.2) is 6.10 Å². The van der Waals surface area contributed by atoms with Crippen molar-refractivity contribution in [2.24, 2.45) is 0 Å². The molecule has 73 heavy (non-hydrogen) atoms. The van der Waals surface area contributed by atoms with Gasteiger partial charge < -0.3 is 14.2 Å². The summed E-state index contributed by atoms with van der Waals surface area (Å²) in [5.74, 6) is -0.949. The van der Waals surface area contributed by atoms with Gasteiger partial charge >= 0.3 is 17.9 Å². The minimum atomic E-state index is -0.803. The van der Waals surface area contributed by atoms with E-state index in [1.807, 2.05) is 0 Å². The molecular formula is C67H110O6. The molecule has 0 saturated heterocycles. The first-order valence-electron chi connectivity index (χ1n) is 30.0. The predicted octanol–water partition coefficient (Wildman–Crippen LogP) is 20.4. The standard InChI is InChI=1S/C67H110O6/c1-4-7-10-13-16-19-22-25-27-29-31-32-33-34-35-36-37-39-40-42-45-48-51-54-57-60-66(69)72-63-64(62-71-65(68)59-56-53-50-47-44-24-21-18-15-12-9-6-3)73-67(70)61-58-55-52-49-46-43-41-38-30-28-26-23-20-17-14-11-8-5-2/h7,10,16,18-21,23,25,27-28,30-32,34-35,37,39,42,45,64H,4-6,8-9,11-15,17,22,24,26,29,33,36,38,40-41,43-44,46-63H2,1-3H3/b10-7-,19-16-,21-18-,23-20-,27-25-,30-28-,32-31-,35-34-,39-37-,45-42-. The smallest absolute Gasteiger partial charge is 0.306 e. The van der Waals surface area contributed by atoms with Crippen molar-refractivity contribution in [2.45, 2.75) is 271 Å². The number of rotatable bonds is 53. The van der Waals surface area contributed by atoms with Crippen LogP contribution in [0, 0.1) is 0 Å². The summed E-state index contributed by atoms with van der Waals surface area (Å²) in [4.78, 5) is 38.2. The highest BCUT2D eigenvalue weighted by molar-refractivity contribution is 5.71. The highest BCUT2D eigenvalue weighted by atomic mass is 16.6. The maximum Gasteiger partial charge on any atom is 0.306 e. The van der Waals surface area contributed by atoms with Gasteiger partial charge in [-0.05, 0) is 135 Å². The molecule has 0 aliphatic carbocycles. The molecule has 0 N–H and O–H groups in total. The van der Waals surface area contributed by atoms with Crippen LogP contribution in [0.15, 0.2) is 122 Å². The third kappa shape index (κ3) is 58.6. The Labute approximate surface area is 450 Å². The summed E-state index contributed by atoms with van der Waals surface area (Å²) in [7, 11) is 0. The first-order valence-corrected chi connectivity index (χ1v) is 30.0. The van der Waals surface area contributed by atoms with Crippen molar-refractivity contribution in [2.75, 3.05) is 13.2 Å². The van der Waals surface area contributed by atoms with E-state index in [1.54, 1.807) is 0 Å². The molecule has 6 heteroatoms. The summed E-state index contributed by atoms with van der Waals surface area (Å²) < 4.78 is 16.8. The number of esters is 3. The van der Waals surface area contributed by atoms with Crippen molar-refractivity contribution in [3.63, 3.8) is 0 Å². The Balaban J connectivity index is 4.44. The van der Waals surface area contributed by atoms with Gasteiger partial charge in [0, 0.05) is 19.3 Å². The molecule has 414 valence electrons. The van der Waals surface area contributed by atoms with E-state index in [0.717, 1.165) is 135 Å². The Morgan fingerprint density at radius 2 is 0.534 bits per heavy atom. The first-order chi connectivity index (χ1) is 36.0. The van der Waals surface area contributed by atoms with Crippen LogP contribution in [0.3, 0.4) is 0 Å². The molecule has 0 heterocycles. The SMILES string of the molecule is CC/C=C\C/C=C\C/C=C\C/C=C\C/C=C\C/C=C\C/C=C\CCCCCC(=O)OCC(COC(=O)CCCCCCC/C=C\CCCCC)OC(=O)CCCCCCCCC/C=C\C/C=C\CCCCCC. The predicted molar refractivity (Wildman–Crippen MR) is 316 cm³/mol. The zero-order valence-corrected chi connectivity index (χ0v) is 47.4. The van der Waals surface area contributed by atoms with Gasteiger partial charge in [-0.15, -0.1) is 0 Å². The maximum atomic E-state index is 12.9. The van der Waals surface area contributed by atoms with Crippen LogP contribution >= 0.6 is 0 Å². The first kappa shape index (κ1) is 68.8. The second-order valence-electron chi connectivity index (χ2n) is 19.5. The third-order valence-corrected chi connectivity index (χ3v) is 12.4. The van der Waals surface area contributed by atoms with Crippen molar-refractivity contribution in [1.82, 2.24) is 0 Å². The van der Waals surface area contributed by atoms with Gasteiger partial charge in [-0.1, -0.05) is 232 Å². The molecule has 0 aromatic carbocycles. The van der Waals surface area contributed by atoms with Gasteiger partial charge in [0.05, 0.1) is 0 Å². The van der Waals surface area contributed by atoms with Gasteiger partial charge in [0.1, 0.15) is 13.2 Å². The number of hydrogen-bond donors (Lipinski definition) is 0. The molecule has 0 bridgehead atoms. The highest BCUT2D eigenvalue weighted by Crippen LogP contribution is 2.14. The number of unbranched alkanes of at least 4 members (excludes halogenated alkanes) is 22. The second kappa shape index (κ2) is 60.4. The minimum absolute atomic E-state index is 0.0988. The second-order valence-corrected chi connectivity index (χ2v) is 19.5. The maximum absolute atomic E-state index is 12.9. The Bertz CT molecular complexity index is 1540. The normalized spacial score (nSPS) is 13.0. The summed E-state index contributed by atoms with van der Waals surface area (Å²) in [6.45, 7) is 6.44. The molecule has 0 aromatic rings. The van der Waals surface area contributed by atoms with E-state index in [0.29, 0.717) is 19.3 Å². The summed E-state index contributed by atoms with van der Waals surface area (Å²) in [5.41, 5.74) is 0. The van der Waals surface area contributed by atoms with E-state index >= 15 is 0 Å². The lowest BCUT2D eigenvalue weighted by atomic mass is 10.1. The van der Waals surface area contributed by atoms with Crippen molar-refractivity contribution in [3.8, 4) is 0 Å². The van der Waals surface area contributed by atoms with Gasteiger partial charge in [0.2, 0.25) is 0 Å². The number of carbonyl (C=O) groups excluding carboxylic acids is 3. The number of hydrogen-bond acceptors (Lipinski definition) is 6. The molecule has 0 aliphatic rings. The Morgan fingerprint density at radius 1 is 0.288 bits per heavy atom. The van der Waals surface area contributed by atoms with E-state index in [-0.39, 0.29) is 31.1 Å². The van der Waals surface area contributed by atoms with Crippen LogP contribution in [0.5, 0.6) is 0 Å². The molecule has 0 fully saturated rings. The van der Waals surface area contributed by atoms with Crippen molar-refractivity contribution in [3.05, 3.63) is 122 Å². The summed E-state index contributed by atoms with van der Waals surface area (Å²) in [5, 5.41) is 0. The molecule has 0 aromatic heterocycles. The Hall–Kier alpha value is -4.19. The van der Waals surface area contributed by atoms with Crippen LogP contribution in [0.2, 0.25) is 0 Å². The van der Waals surface area contributed by atoms with Crippen LogP contribution in [-0.4, -0.2) is 37.2 Å². The van der Waals surface area contributed by atoms with Crippen LogP contribution in [0.25, 0.3) is 0 Å². The minimum Gasteiger partial charge on any atom is -0.462 e. The molecule has 0 rings (SSSR count). The zero-order chi connectivity index (χ0) is 52.9. The highest BCUT2D eigenvalue weighted by Gasteiger charge is 2.19. The lowest BCUT2D eigenvalue weighted by Gasteiger charge is -2.18. The monoisotopic (exact) mass is 1010 g/mol. The Kier molecular flexibility index (Phi) is 56.9. The fourth-order valence-electron chi connectivity index (χ4n) is 7.92. The molecule has 1 unspecified atom stereocenters. The molecule has 0 saturated carbocycles. The van der Waals surface area contributed by atoms with Crippen LogP contribution in [0.4, 0.5) is 0 Å². The molecule has 0 radical (unpaired) electrons. The quantitative estimate of drug-likeness (QED) is 0.0261. The average molecular weight is 1010 g/mol. The largest absolute Gasteiger partial charge is 0.462 e. The average Bonchev–Trinajstić information content (AvgIpc) is 3.39. The van der Waals surface area contributed by atoms with E-state index in [1.165, 1.54) is 89.9 Å². The lowest BCUT2D eigenvalue weighted by Crippen LogP contribution is -2.30. The van der Waals surface area contributed by atoms with Crippen LogP contribution < -0.4 is 0 Å². The van der Waals surface area contributed by atoms with Crippen molar-refractivity contribution < 1.29 is 28.6 Å². The van der Waals surface area contributed by atoms with Gasteiger partial charge in [0.25, 0.3) is 0 Å². The van der Waals surface area contributed by atoms with Gasteiger partial charge in [-0.2, -0.15) is 0 Å². The summed E-state index contributed by atoms with van der Waals surface area (Å²) >= 11 is 0. The third-order valence-electron chi connectivity index (χ3n) is 12.4. The van der Waals surface area contributed by atoms with Crippen LogP contribution in [0.1, 0.15) is 265 Å². The van der Waals surface area contributed by atoms with E-state index in [2.05, 4.69) is 142 Å². The fraction of sp³-hybridized carbons (Fsp3) is 0.657. The summed E-state index contributed by atoms with van der Waals surface area (Å²) in [6.07, 6.45) is 83.3. The number of carbonyl (C=O) groups is 3. The van der Waals surface area contributed by atoms with Gasteiger partial charge in [-0.3, -0.25) is 14.4 Å². The number of allylic oxidation sites excluding steroid dienone is 20. The van der Waals surface area contributed by atoms with Gasteiger partial charge in [-0.25, -0.2) is 0 Å². The molecule has 6 nitrogen and oxygen atoms in total. The van der Waals surface area contributed by atoms with Crippen molar-refractivity contribution in [1.29, 1.82) is 0 Å². The van der Waals surface area contributed by atoms with E-state index < -0.39 is 6.10 Å². The Morgan fingerprint density at radius 3 is 0.890 bits per heavy atom. The topological polar surface area (TPSA) is 78.9 Å². The molecule has 0 amide bonds. The van der Waals surface area contributed by atoms with E-state index in [9.17, 15) is 14.4 Å². The molecule has 0 aliphatic heterocycles. The zero-order valence-electron chi connectivity index (χ0n) is 47.4. The molecule has 1 atom stereocenters. The molecule has 0 spiro atoms. The van der Waals surface area contributed by atoms with Crippen molar-refractivity contribution >= 4 is 17.9 Å².